The van der Waals surface area contributed by atoms with Crippen molar-refractivity contribution < 1.29 is 24.1 Å². The Kier molecular flexibility index (Phi) is 7.64. The van der Waals surface area contributed by atoms with Gasteiger partial charge in [0, 0.05) is 24.4 Å². The summed E-state index contributed by atoms with van der Waals surface area (Å²) in [4.78, 5) is 4.61. The summed E-state index contributed by atoms with van der Waals surface area (Å²) >= 11 is 0. The number of aromatic nitrogens is 3. The molecule has 1 aliphatic rings. The van der Waals surface area contributed by atoms with E-state index in [4.69, 9.17) is 18.9 Å². The van der Waals surface area contributed by atoms with Gasteiger partial charge in [-0.05, 0) is 55.8 Å². The van der Waals surface area contributed by atoms with Gasteiger partial charge >= 0.3 is 6.01 Å². The number of hydrogen-bond donors (Lipinski definition) is 2. The maximum atomic E-state index is 9.95. The van der Waals surface area contributed by atoms with E-state index in [2.05, 4.69) is 22.3 Å². The van der Waals surface area contributed by atoms with Gasteiger partial charge < -0.3 is 29.4 Å². The molecule has 0 bridgehead atoms. The number of nitrogens with zero attached hydrogens (tertiary/aromatic N) is 3. The molecule has 0 saturated carbocycles. The van der Waals surface area contributed by atoms with Crippen molar-refractivity contribution in [2.24, 2.45) is 0 Å². The van der Waals surface area contributed by atoms with Gasteiger partial charge in [0.25, 0.3) is 0 Å². The number of aliphatic hydroxyl groups is 1. The van der Waals surface area contributed by atoms with Gasteiger partial charge in [-0.1, -0.05) is 13.3 Å². The van der Waals surface area contributed by atoms with Crippen LogP contribution in [-0.2, 0) is 4.74 Å². The van der Waals surface area contributed by atoms with Crippen LogP contribution in [0.3, 0.4) is 0 Å². The van der Waals surface area contributed by atoms with Crippen LogP contribution in [0.4, 0.5) is 5.69 Å². The van der Waals surface area contributed by atoms with Crippen molar-refractivity contribution in [2.75, 3.05) is 38.5 Å². The van der Waals surface area contributed by atoms with E-state index in [0.29, 0.717) is 43.7 Å². The zero-order valence-electron chi connectivity index (χ0n) is 19.0. The molecule has 4 rings (SSSR count). The first-order valence-corrected chi connectivity index (χ1v) is 11.3. The first-order chi connectivity index (χ1) is 16.2. The average Bonchev–Trinajstić information content (AvgIpc) is 3.48. The molecule has 0 spiro atoms. The average molecular weight is 455 g/mol. The standard InChI is InChI=1S/C24H30N4O5/c1-3-5-20(29)15-25-18-7-9-19(10-8-18)28-23(26-24(27-28)31-13-12-30-4-2)17-6-11-21-22(14-17)33-16-32-21/h6-11,14,20,25,29H,3-5,12-13,15-16H2,1-2H3/t20-/m1/s1. The van der Waals surface area contributed by atoms with E-state index in [0.717, 1.165) is 29.8 Å². The Balaban J connectivity index is 1.57. The van der Waals surface area contributed by atoms with Crippen LogP contribution < -0.4 is 19.5 Å². The predicted molar refractivity (Wildman–Crippen MR) is 124 cm³/mol. The molecule has 2 heterocycles. The van der Waals surface area contributed by atoms with Gasteiger partial charge in [-0.25, -0.2) is 4.68 Å². The van der Waals surface area contributed by atoms with Crippen LogP contribution in [0.15, 0.2) is 42.5 Å². The molecule has 9 nitrogen and oxygen atoms in total. The van der Waals surface area contributed by atoms with E-state index >= 15 is 0 Å². The van der Waals surface area contributed by atoms with Gasteiger partial charge in [0.1, 0.15) is 6.61 Å². The lowest BCUT2D eigenvalue weighted by molar-refractivity contribution is 0.106. The van der Waals surface area contributed by atoms with Crippen LogP contribution >= 0.6 is 0 Å². The highest BCUT2D eigenvalue weighted by molar-refractivity contribution is 5.64. The Morgan fingerprint density at radius 3 is 2.70 bits per heavy atom. The number of nitrogens with one attached hydrogen (secondary N) is 1. The number of ether oxygens (including phenoxy) is 4. The summed E-state index contributed by atoms with van der Waals surface area (Å²) in [5, 5.41) is 17.8. The second-order valence-corrected chi connectivity index (χ2v) is 7.61. The topological polar surface area (TPSA) is 99.9 Å². The Bertz CT molecular complexity index is 1040. The largest absolute Gasteiger partial charge is 0.460 e. The number of rotatable bonds is 12. The molecule has 2 N–H and O–H groups in total. The van der Waals surface area contributed by atoms with E-state index in [1.807, 2.05) is 49.4 Å². The maximum Gasteiger partial charge on any atom is 0.336 e. The van der Waals surface area contributed by atoms with Crippen molar-refractivity contribution in [3.63, 3.8) is 0 Å². The molecule has 0 saturated heterocycles. The van der Waals surface area contributed by atoms with E-state index in [1.54, 1.807) is 4.68 Å². The zero-order chi connectivity index (χ0) is 23.0. The van der Waals surface area contributed by atoms with Crippen LogP contribution in [0.25, 0.3) is 17.1 Å². The van der Waals surface area contributed by atoms with Crippen LogP contribution in [0, 0.1) is 0 Å². The second-order valence-electron chi connectivity index (χ2n) is 7.61. The summed E-state index contributed by atoms with van der Waals surface area (Å²) < 4.78 is 23.7. The molecular weight excluding hydrogens is 424 g/mol. The number of benzene rings is 2. The minimum Gasteiger partial charge on any atom is -0.460 e. The van der Waals surface area contributed by atoms with Crippen molar-refractivity contribution in [1.82, 2.24) is 14.8 Å². The lowest BCUT2D eigenvalue weighted by atomic mass is 10.2. The highest BCUT2D eigenvalue weighted by atomic mass is 16.7. The summed E-state index contributed by atoms with van der Waals surface area (Å²) in [7, 11) is 0. The molecule has 2 aromatic carbocycles. The number of anilines is 1. The van der Waals surface area contributed by atoms with E-state index < -0.39 is 0 Å². The fourth-order valence-electron chi connectivity index (χ4n) is 3.48. The van der Waals surface area contributed by atoms with E-state index in [9.17, 15) is 5.11 Å². The molecule has 1 aromatic heterocycles. The summed E-state index contributed by atoms with van der Waals surface area (Å²) in [6.07, 6.45) is 1.36. The maximum absolute atomic E-state index is 9.95. The molecule has 9 heteroatoms. The molecule has 1 atom stereocenters. The monoisotopic (exact) mass is 454 g/mol. The number of fused-ring (bicyclic) bond motifs is 1. The Labute approximate surface area is 193 Å². The first-order valence-electron chi connectivity index (χ1n) is 11.3. The van der Waals surface area contributed by atoms with Crippen molar-refractivity contribution in [3.05, 3.63) is 42.5 Å². The van der Waals surface area contributed by atoms with Gasteiger partial charge in [0.05, 0.1) is 18.4 Å². The van der Waals surface area contributed by atoms with Gasteiger partial charge in [-0.3, -0.25) is 0 Å². The molecule has 0 radical (unpaired) electrons. The van der Waals surface area contributed by atoms with Gasteiger partial charge in [0.2, 0.25) is 6.79 Å². The van der Waals surface area contributed by atoms with E-state index in [-0.39, 0.29) is 18.9 Å². The molecule has 0 fully saturated rings. The Morgan fingerprint density at radius 1 is 1.09 bits per heavy atom. The second kappa shape index (κ2) is 11.0. The molecule has 176 valence electrons. The fraction of sp³-hybridized carbons (Fsp3) is 0.417. The summed E-state index contributed by atoms with van der Waals surface area (Å²) in [5.74, 6) is 2.00. The van der Waals surface area contributed by atoms with Crippen LogP contribution in [-0.4, -0.2) is 59.1 Å². The number of hydrogen-bond acceptors (Lipinski definition) is 8. The summed E-state index contributed by atoms with van der Waals surface area (Å²) in [5.41, 5.74) is 2.58. The van der Waals surface area contributed by atoms with Gasteiger partial charge in [0.15, 0.2) is 17.3 Å². The smallest absolute Gasteiger partial charge is 0.336 e. The van der Waals surface area contributed by atoms with Crippen molar-refractivity contribution in [3.8, 4) is 34.6 Å². The minimum atomic E-state index is -0.362. The summed E-state index contributed by atoms with van der Waals surface area (Å²) in [6.45, 7) is 6.17. The fourth-order valence-corrected chi connectivity index (χ4v) is 3.48. The quantitative estimate of drug-likeness (QED) is 0.400. The summed E-state index contributed by atoms with van der Waals surface area (Å²) in [6, 6.07) is 13.7. The highest BCUT2D eigenvalue weighted by Crippen LogP contribution is 2.36. The molecule has 1 aliphatic heterocycles. The predicted octanol–water partition coefficient (Wildman–Crippen LogP) is 3.65. The van der Waals surface area contributed by atoms with Crippen molar-refractivity contribution in [1.29, 1.82) is 0 Å². The highest BCUT2D eigenvalue weighted by Gasteiger charge is 2.19. The van der Waals surface area contributed by atoms with Crippen molar-refractivity contribution in [2.45, 2.75) is 32.8 Å². The molecule has 33 heavy (non-hydrogen) atoms. The van der Waals surface area contributed by atoms with Crippen molar-refractivity contribution >= 4 is 5.69 Å². The Morgan fingerprint density at radius 2 is 1.91 bits per heavy atom. The van der Waals surface area contributed by atoms with Crippen LogP contribution in [0.5, 0.6) is 17.5 Å². The molecule has 0 amide bonds. The first kappa shape index (κ1) is 22.9. The third-order valence-electron chi connectivity index (χ3n) is 5.16. The minimum absolute atomic E-state index is 0.207. The third kappa shape index (κ3) is 5.74. The lowest BCUT2D eigenvalue weighted by Crippen LogP contribution is -2.18. The molecule has 0 aliphatic carbocycles. The lowest BCUT2D eigenvalue weighted by Gasteiger charge is -2.12. The van der Waals surface area contributed by atoms with Gasteiger partial charge in [-0.15, -0.1) is 5.10 Å². The zero-order valence-corrected chi connectivity index (χ0v) is 19.0. The third-order valence-corrected chi connectivity index (χ3v) is 5.16. The van der Waals surface area contributed by atoms with E-state index in [1.165, 1.54) is 0 Å². The number of aliphatic hydroxyl groups excluding tert-OH is 1. The SMILES string of the molecule is CCC[C@@H](O)CNc1ccc(-n2nc(OCCOCC)nc2-c2ccc3c(c2)OCO3)cc1. The molecular formula is C24H30N4O5. The van der Waals surface area contributed by atoms with Crippen LogP contribution in [0.1, 0.15) is 26.7 Å². The molecule has 0 unspecified atom stereocenters. The van der Waals surface area contributed by atoms with Crippen LogP contribution in [0.2, 0.25) is 0 Å². The Hall–Kier alpha value is -3.30. The normalized spacial score (nSPS) is 13.2. The van der Waals surface area contributed by atoms with Gasteiger partial charge in [-0.2, -0.15) is 4.98 Å². The molecule has 3 aromatic rings.